The van der Waals surface area contributed by atoms with Gasteiger partial charge >= 0.3 is 0 Å². The monoisotopic (exact) mass is 391 g/mol. The van der Waals surface area contributed by atoms with E-state index in [0.717, 1.165) is 20.8 Å². The third kappa shape index (κ3) is 3.50. The average Bonchev–Trinajstić information content (AvgIpc) is 2.98. The smallest absolute Gasteiger partial charge is 0.228 e. The Morgan fingerprint density at radius 2 is 1.96 bits per heavy atom. The summed E-state index contributed by atoms with van der Waals surface area (Å²) < 4.78 is 2.86. The lowest BCUT2D eigenvalue weighted by Gasteiger charge is -2.10. The minimum Gasteiger partial charge on any atom is -0.350 e. The van der Waals surface area contributed by atoms with Crippen LogP contribution in [0, 0.1) is 0 Å². The second-order valence-electron chi connectivity index (χ2n) is 5.50. The van der Waals surface area contributed by atoms with Crippen LogP contribution in [-0.2, 0) is 6.54 Å². The summed E-state index contributed by atoms with van der Waals surface area (Å²) >= 11 is 4.99. The van der Waals surface area contributed by atoms with Crippen LogP contribution in [0.5, 0.6) is 0 Å². The van der Waals surface area contributed by atoms with Gasteiger partial charge in [0.1, 0.15) is 0 Å². The van der Waals surface area contributed by atoms with Crippen LogP contribution in [0.25, 0.3) is 5.65 Å². The molecule has 0 unspecified atom stereocenters. The predicted octanol–water partition coefficient (Wildman–Crippen LogP) is 4.34. The van der Waals surface area contributed by atoms with Crippen LogP contribution in [0.3, 0.4) is 0 Å². The van der Waals surface area contributed by atoms with Crippen molar-refractivity contribution in [3.8, 4) is 0 Å². The molecule has 2 aromatic heterocycles. The van der Waals surface area contributed by atoms with Gasteiger partial charge in [-0.05, 0) is 29.9 Å². The molecule has 3 aromatic rings. The molecule has 0 saturated carbocycles. The molecule has 1 N–H and O–H groups in total. The summed E-state index contributed by atoms with van der Waals surface area (Å²) in [6, 6.07) is 8.22. The van der Waals surface area contributed by atoms with Crippen molar-refractivity contribution in [2.45, 2.75) is 31.5 Å². The summed E-state index contributed by atoms with van der Waals surface area (Å²) in [5.74, 6) is 1.09. The quantitative estimate of drug-likeness (QED) is 0.655. The lowest BCUT2D eigenvalue weighted by Crippen LogP contribution is -2.09. The highest BCUT2D eigenvalue weighted by atomic mass is 79.9. The summed E-state index contributed by atoms with van der Waals surface area (Å²) in [7, 11) is 0. The summed E-state index contributed by atoms with van der Waals surface area (Å²) in [6.45, 7) is 4.98. The highest BCUT2D eigenvalue weighted by Gasteiger charge is 2.14. The Balaban J connectivity index is 1.94. The molecule has 7 heteroatoms. The maximum Gasteiger partial charge on any atom is 0.228 e. The largest absolute Gasteiger partial charge is 0.350 e. The van der Waals surface area contributed by atoms with Crippen LogP contribution < -0.4 is 5.32 Å². The van der Waals surface area contributed by atoms with E-state index >= 15 is 0 Å². The molecule has 0 aliphatic carbocycles. The number of anilines is 1. The fourth-order valence-electron chi connectivity index (χ4n) is 2.27. The van der Waals surface area contributed by atoms with Gasteiger partial charge in [-0.3, -0.25) is 0 Å². The second-order valence-corrected chi connectivity index (χ2v) is 7.19. The number of nitrogens with zero attached hydrogens (tertiary/aromatic N) is 4. The summed E-state index contributed by atoms with van der Waals surface area (Å²) in [6.07, 6.45) is 3.86. The number of hydrogen-bond acceptors (Lipinski definition) is 5. The predicted molar refractivity (Wildman–Crippen MR) is 98.1 cm³/mol. The van der Waals surface area contributed by atoms with Crippen LogP contribution >= 0.6 is 27.7 Å². The van der Waals surface area contributed by atoms with Crippen LogP contribution in [0.1, 0.15) is 30.9 Å². The van der Waals surface area contributed by atoms with E-state index in [2.05, 4.69) is 62.3 Å². The number of thioether (sulfide) groups is 1. The van der Waals surface area contributed by atoms with E-state index < -0.39 is 0 Å². The van der Waals surface area contributed by atoms with Gasteiger partial charge in [-0.2, -0.15) is 14.6 Å². The molecule has 1 aromatic carbocycles. The van der Waals surface area contributed by atoms with E-state index in [9.17, 15) is 0 Å². The first-order valence-electron chi connectivity index (χ1n) is 7.36. The van der Waals surface area contributed by atoms with Gasteiger partial charge in [0.15, 0.2) is 10.8 Å². The first-order chi connectivity index (χ1) is 11.1. The molecule has 2 heterocycles. The van der Waals surface area contributed by atoms with Crippen molar-refractivity contribution in [1.29, 1.82) is 0 Å². The minimum absolute atomic E-state index is 0.372. The van der Waals surface area contributed by atoms with Crippen molar-refractivity contribution in [3.05, 3.63) is 46.1 Å². The van der Waals surface area contributed by atoms with Gasteiger partial charge < -0.3 is 5.32 Å². The fourth-order valence-corrected chi connectivity index (χ4v) is 2.89. The van der Waals surface area contributed by atoms with Crippen molar-refractivity contribution in [1.82, 2.24) is 19.6 Å². The van der Waals surface area contributed by atoms with Crippen LogP contribution in [0.2, 0.25) is 0 Å². The Labute approximate surface area is 148 Å². The van der Waals surface area contributed by atoms with Gasteiger partial charge in [0.05, 0.1) is 6.20 Å². The van der Waals surface area contributed by atoms with Gasteiger partial charge in [-0.1, -0.05) is 53.7 Å². The third-order valence-corrected chi connectivity index (χ3v) is 4.62. The number of nitrogens with one attached hydrogen (secondary N) is 1. The number of benzene rings is 1. The molecule has 23 heavy (non-hydrogen) atoms. The molecule has 5 nitrogen and oxygen atoms in total. The van der Waals surface area contributed by atoms with Crippen molar-refractivity contribution >= 4 is 39.3 Å². The number of halogens is 1. The summed E-state index contributed by atoms with van der Waals surface area (Å²) in [4.78, 5) is 9.16. The van der Waals surface area contributed by atoms with E-state index in [4.69, 9.17) is 0 Å². The molecule has 0 spiro atoms. The molecule has 0 fully saturated rings. The van der Waals surface area contributed by atoms with Gasteiger partial charge in [-0.25, -0.2) is 4.98 Å². The van der Waals surface area contributed by atoms with E-state index in [1.54, 1.807) is 4.52 Å². The first kappa shape index (κ1) is 16.3. The molecule has 0 saturated heterocycles. The molecule has 0 aliphatic heterocycles. The van der Waals surface area contributed by atoms with Crippen molar-refractivity contribution < 1.29 is 0 Å². The topological polar surface area (TPSA) is 55.1 Å². The van der Waals surface area contributed by atoms with Crippen LogP contribution in [0.15, 0.2) is 40.1 Å². The number of hydrogen-bond donors (Lipinski definition) is 1. The zero-order chi connectivity index (χ0) is 16.4. The zero-order valence-electron chi connectivity index (χ0n) is 13.2. The highest BCUT2D eigenvalue weighted by molar-refractivity contribution is 9.10. The molecule has 0 amide bonds. The van der Waals surface area contributed by atoms with E-state index in [-0.39, 0.29) is 0 Å². The van der Waals surface area contributed by atoms with Crippen molar-refractivity contribution in [3.63, 3.8) is 0 Å². The van der Waals surface area contributed by atoms with Gasteiger partial charge in [0.25, 0.3) is 0 Å². The Morgan fingerprint density at radius 1 is 1.22 bits per heavy atom. The van der Waals surface area contributed by atoms with Crippen molar-refractivity contribution in [2.75, 3.05) is 11.6 Å². The molecule has 3 rings (SSSR count). The number of aromatic nitrogens is 4. The summed E-state index contributed by atoms with van der Waals surface area (Å²) in [5, 5.41) is 8.57. The molecule has 0 atom stereocenters. The Morgan fingerprint density at radius 3 is 2.61 bits per heavy atom. The van der Waals surface area contributed by atoms with E-state index in [1.165, 1.54) is 17.3 Å². The van der Waals surface area contributed by atoms with Crippen LogP contribution in [-0.4, -0.2) is 25.8 Å². The van der Waals surface area contributed by atoms with Crippen molar-refractivity contribution in [2.24, 2.45) is 0 Å². The molecular weight excluding hydrogens is 374 g/mol. The normalized spacial score (nSPS) is 11.3. The molecule has 0 aliphatic rings. The molecule has 120 valence electrons. The first-order valence-corrected chi connectivity index (χ1v) is 9.38. The standard InChI is InChI=1S/C16H18BrN5S/c1-10(2)13-9-19-22-14(13)20-16(23-3)21-15(22)18-8-11-4-6-12(17)7-5-11/h4-7,9-10H,8H2,1-3H3,(H,18,20,21). The van der Waals surface area contributed by atoms with E-state index in [0.29, 0.717) is 18.4 Å². The molecule has 0 bridgehead atoms. The SMILES string of the molecule is CSc1nc(NCc2ccc(Br)cc2)n2ncc(C(C)C)c2n1. The number of rotatable bonds is 5. The average molecular weight is 392 g/mol. The molecule has 0 radical (unpaired) electrons. The highest BCUT2D eigenvalue weighted by Crippen LogP contribution is 2.23. The second kappa shape index (κ2) is 6.88. The Hall–Kier alpha value is -1.60. The fraction of sp³-hybridized carbons (Fsp3) is 0.312. The van der Waals surface area contributed by atoms with Gasteiger partial charge in [0, 0.05) is 16.6 Å². The van der Waals surface area contributed by atoms with E-state index in [1.807, 2.05) is 24.6 Å². The molecular formula is C16H18BrN5S. The van der Waals surface area contributed by atoms with Crippen LogP contribution in [0.4, 0.5) is 5.95 Å². The lowest BCUT2D eigenvalue weighted by molar-refractivity contribution is 0.824. The van der Waals surface area contributed by atoms with Gasteiger partial charge in [0.2, 0.25) is 5.95 Å². The Kier molecular flexibility index (Phi) is 4.87. The third-order valence-electron chi connectivity index (χ3n) is 3.54. The lowest BCUT2D eigenvalue weighted by atomic mass is 10.1. The minimum atomic E-state index is 0.372. The number of fused-ring (bicyclic) bond motifs is 1. The summed E-state index contributed by atoms with van der Waals surface area (Å²) in [5.41, 5.74) is 3.19. The maximum atomic E-state index is 4.61. The maximum absolute atomic E-state index is 4.61. The zero-order valence-corrected chi connectivity index (χ0v) is 15.6. The van der Waals surface area contributed by atoms with Gasteiger partial charge in [-0.15, -0.1) is 0 Å². The Bertz CT molecular complexity index is 813.